The van der Waals surface area contributed by atoms with Gasteiger partial charge in [0.2, 0.25) is 0 Å². The lowest BCUT2D eigenvalue weighted by Gasteiger charge is -2.39. The normalized spacial score (nSPS) is 19.1. The van der Waals surface area contributed by atoms with E-state index in [1.54, 1.807) is 6.92 Å². The third kappa shape index (κ3) is 2.84. The van der Waals surface area contributed by atoms with Crippen molar-refractivity contribution in [3.63, 3.8) is 0 Å². The molecule has 1 aromatic heterocycles. The fraction of sp³-hybridized carbons (Fsp3) is 0.571. The van der Waals surface area contributed by atoms with Crippen LogP contribution in [0.5, 0.6) is 0 Å². The van der Waals surface area contributed by atoms with Crippen molar-refractivity contribution in [2.75, 3.05) is 18.0 Å². The molecule has 0 amide bonds. The molecule has 3 heteroatoms. The highest BCUT2D eigenvalue weighted by molar-refractivity contribution is 5.92. The number of rotatable bonds is 2. The van der Waals surface area contributed by atoms with E-state index in [4.69, 9.17) is 0 Å². The molecular weight excluding hydrogens is 212 g/mol. The minimum absolute atomic E-state index is 0.0236. The summed E-state index contributed by atoms with van der Waals surface area (Å²) in [5.74, 6) is 0.0236. The highest BCUT2D eigenvalue weighted by atomic mass is 16.1. The van der Waals surface area contributed by atoms with E-state index in [0.29, 0.717) is 11.1 Å². The molecule has 0 unspecified atom stereocenters. The van der Waals surface area contributed by atoms with E-state index in [0.717, 1.165) is 18.8 Å². The van der Waals surface area contributed by atoms with Gasteiger partial charge in [-0.2, -0.15) is 0 Å². The number of piperidine rings is 1. The van der Waals surface area contributed by atoms with Crippen LogP contribution in [-0.2, 0) is 0 Å². The maximum atomic E-state index is 11.2. The van der Waals surface area contributed by atoms with Crippen LogP contribution in [0.1, 0.15) is 44.1 Å². The first-order valence-corrected chi connectivity index (χ1v) is 6.20. The molecule has 3 nitrogen and oxygen atoms in total. The SMILES string of the molecule is CC(=O)c1ccc(N2CCCC(C)(C)C2)cn1. The lowest BCUT2D eigenvalue weighted by Crippen LogP contribution is -2.40. The quantitative estimate of drug-likeness (QED) is 0.735. The van der Waals surface area contributed by atoms with Crippen molar-refractivity contribution in [1.82, 2.24) is 4.98 Å². The van der Waals surface area contributed by atoms with Crippen LogP contribution < -0.4 is 4.90 Å². The van der Waals surface area contributed by atoms with E-state index in [1.165, 1.54) is 12.8 Å². The van der Waals surface area contributed by atoms with E-state index >= 15 is 0 Å². The molecule has 0 N–H and O–H groups in total. The predicted octanol–water partition coefficient (Wildman–Crippen LogP) is 2.91. The molecule has 0 radical (unpaired) electrons. The minimum Gasteiger partial charge on any atom is -0.370 e. The molecule has 1 fully saturated rings. The molecule has 0 spiro atoms. The number of pyridine rings is 1. The Morgan fingerprint density at radius 2 is 2.18 bits per heavy atom. The van der Waals surface area contributed by atoms with Crippen LogP contribution in [0.2, 0.25) is 0 Å². The fourth-order valence-electron chi connectivity index (χ4n) is 2.43. The number of hydrogen-bond donors (Lipinski definition) is 0. The van der Waals surface area contributed by atoms with Gasteiger partial charge in [-0.25, -0.2) is 0 Å². The topological polar surface area (TPSA) is 33.2 Å². The van der Waals surface area contributed by atoms with Gasteiger partial charge in [0.25, 0.3) is 0 Å². The van der Waals surface area contributed by atoms with Crippen LogP contribution in [0.25, 0.3) is 0 Å². The number of ketones is 1. The van der Waals surface area contributed by atoms with Crippen LogP contribution in [-0.4, -0.2) is 23.9 Å². The summed E-state index contributed by atoms with van der Waals surface area (Å²) < 4.78 is 0. The van der Waals surface area contributed by atoms with Gasteiger partial charge in [-0.15, -0.1) is 0 Å². The standard InChI is InChI=1S/C14H20N2O/c1-11(17)13-6-5-12(9-15-13)16-8-4-7-14(2,3)10-16/h5-6,9H,4,7-8,10H2,1-3H3. The molecule has 0 bridgehead atoms. The molecule has 1 saturated heterocycles. The van der Waals surface area contributed by atoms with Gasteiger partial charge in [0.05, 0.1) is 11.9 Å². The number of nitrogens with zero attached hydrogens (tertiary/aromatic N) is 2. The van der Waals surface area contributed by atoms with Crippen LogP contribution in [0.3, 0.4) is 0 Å². The largest absolute Gasteiger partial charge is 0.370 e. The molecule has 1 aliphatic heterocycles. The average Bonchev–Trinajstić information content (AvgIpc) is 2.28. The Morgan fingerprint density at radius 3 is 2.71 bits per heavy atom. The van der Waals surface area contributed by atoms with Crippen molar-refractivity contribution in [3.8, 4) is 0 Å². The van der Waals surface area contributed by atoms with Crippen molar-refractivity contribution in [2.45, 2.75) is 33.6 Å². The summed E-state index contributed by atoms with van der Waals surface area (Å²) >= 11 is 0. The Labute approximate surface area is 103 Å². The van der Waals surface area contributed by atoms with Crippen LogP contribution in [0, 0.1) is 5.41 Å². The summed E-state index contributed by atoms with van der Waals surface area (Å²) in [4.78, 5) is 17.7. The van der Waals surface area contributed by atoms with Crippen molar-refractivity contribution in [3.05, 3.63) is 24.0 Å². The number of aromatic nitrogens is 1. The van der Waals surface area contributed by atoms with Gasteiger partial charge >= 0.3 is 0 Å². The highest BCUT2D eigenvalue weighted by Gasteiger charge is 2.26. The molecule has 17 heavy (non-hydrogen) atoms. The molecule has 1 aliphatic rings. The summed E-state index contributed by atoms with van der Waals surface area (Å²) in [7, 11) is 0. The average molecular weight is 232 g/mol. The van der Waals surface area contributed by atoms with E-state index in [9.17, 15) is 4.79 Å². The Hall–Kier alpha value is -1.38. The van der Waals surface area contributed by atoms with Gasteiger partial charge in [0.1, 0.15) is 5.69 Å². The van der Waals surface area contributed by atoms with E-state index in [-0.39, 0.29) is 5.78 Å². The Kier molecular flexibility index (Phi) is 3.18. The lowest BCUT2D eigenvalue weighted by atomic mass is 9.84. The lowest BCUT2D eigenvalue weighted by molar-refractivity contribution is 0.101. The zero-order valence-corrected chi connectivity index (χ0v) is 10.9. The second-order valence-corrected chi connectivity index (χ2v) is 5.65. The highest BCUT2D eigenvalue weighted by Crippen LogP contribution is 2.31. The molecule has 0 saturated carbocycles. The number of Topliss-reactive ketones (excluding diaryl/α,β-unsaturated/α-hetero) is 1. The van der Waals surface area contributed by atoms with Crippen molar-refractivity contribution in [2.24, 2.45) is 5.41 Å². The molecule has 2 heterocycles. The first kappa shape index (κ1) is 12.1. The number of carbonyl (C=O) groups excluding carboxylic acids is 1. The molecule has 0 atom stereocenters. The summed E-state index contributed by atoms with van der Waals surface area (Å²) in [6.07, 6.45) is 4.32. The van der Waals surface area contributed by atoms with Crippen LogP contribution >= 0.6 is 0 Å². The number of carbonyl (C=O) groups is 1. The maximum absolute atomic E-state index is 11.2. The Balaban J connectivity index is 2.14. The molecule has 0 aliphatic carbocycles. The zero-order chi connectivity index (χ0) is 12.5. The zero-order valence-electron chi connectivity index (χ0n) is 10.9. The molecule has 92 valence electrons. The minimum atomic E-state index is 0.0236. The van der Waals surface area contributed by atoms with Gasteiger partial charge in [-0.1, -0.05) is 13.8 Å². The summed E-state index contributed by atoms with van der Waals surface area (Å²) in [5, 5.41) is 0. The van der Waals surface area contributed by atoms with E-state index in [1.807, 2.05) is 18.3 Å². The van der Waals surface area contributed by atoms with Crippen molar-refractivity contribution in [1.29, 1.82) is 0 Å². The number of anilines is 1. The van der Waals surface area contributed by atoms with Crippen LogP contribution in [0.15, 0.2) is 18.3 Å². The van der Waals surface area contributed by atoms with Gasteiger partial charge < -0.3 is 4.90 Å². The summed E-state index contributed by atoms with van der Waals surface area (Å²) in [5.41, 5.74) is 2.05. The summed E-state index contributed by atoms with van der Waals surface area (Å²) in [6.45, 7) is 8.30. The van der Waals surface area contributed by atoms with Gasteiger partial charge in [-0.3, -0.25) is 9.78 Å². The first-order chi connectivity index (χ1) is 7.98. The summed E-state index contributed by atoms with van der Waals surface area (Å²) in [6, 6.07) is 3.82. The maximum Gasteiger partial charge on any atom is 0.178 e. The van der Waals surface area contributed by atoms with Gasteiger partial charge in [-0.05, 0) is 30.4 Å². The third-order valence-corrected chi connectivity index (χ3v) is 3.37. The Bertz CT molecular complexity index is 409. The monoisotopic (exact) mass is 232 g/mol. The molecule has 1 aromatic rings. The van der Waals surface area contributed by atoms with Crippen molar-refractivity contribution >= 4 is 11.5 Å². The first-order valence-electron chi connectivity index (χ1n) is 6.20. The molecular formula is C14H20N2O. The Morgan fingerprint density at radius 1 is 1.41 bits per heavy atom. The predicted molar refractivity (Wildman–Crippen MR) is 69.5 cm³/mol. The fourth-order valence-corrected chi connectivity index (χ4v) is 2.43. The smallest absolute Gasteiger partial charge is 0.178 e. The molecule has 0 aromatic carbocycles. The van der Waals surface area contributed by atoms with Crippen molar-refractivity contribution < 1.29 is 4.79 Å². The van der Waals surface area contributed by atoms with Gasteiger partial charge in [0.15, 0.2) is 5.78 Å². The van der Waals surface area contributed by atoms with Gasteiger partial charge in [0, 0.05) is 20.0 Å². The second kappa shape index (κ2) is 4.47. The number of hydrogen-bond acceptors (Lipinski definition) is 3. The molecule has 2 rings (SSSR count). The van der Waals surface area contributed by atoms with E-state index < -0.39 is 0 Å². The second-order valence-electron chi connectivity index (χ2n) is 5.65. The van der Waals surface area contributed by atoms with Crippen LogP contribution in [0.4, 0.5) is 5.69 Å². The third-order valence-electron chi connectivity index (χ3n) is 3.37. The van der Waals surface area contributed by atoms with E-state index in [2.05, 4.69) is 23.7 Å².